The largest absolute Gasteiger partial charge is 0.495 e. The Kier molecular flexibility index (Phi) is 3.81. The fraction of sp³-hybridized carbons (Fsp3) is 0.400. The van der Waals surface area contributed by atoms with Crippen molar-refractivity contribution in [2.45, 2.75) is 19.9 Å². The van der Waals surface area contributed by atoms with E-state index >= 15 is 0 Å². The van der Waals surface area contributed by atoms with E-state index in [1.54, 1.807) is 7.11 Å². The summed E-state index contributed by atoms with van der Waals surface area (Å²) < 4.78 is 6.16. The second-order valence-corrected chi connectivity index (χ2v) is 4.41. The number of benzene rings is 1. The zero-order chi connectivity index (χ0) is 10.9. The highest BCUT2D eigenvalue weighted by molar-refractivity contribution is 9.10. The third kappa shape index (κ3) is 2.05. The van der Waals surface area contributed by atoms with Crippen LogP contribution >= 0.6 is 27.5 Å². The molecule has 0 fully saturated rings. The zero-order valence-corrected chi connectivity index (χ0v) is 10.7. The van der Waals surface area contributed by atoms with Gasteiger partial charge >= 0.3 is 0 Å². The number of nitrogens with two attached hydrogens (primary N) is 1. The molecule has 1 rings (SSSR count). The minimum Gasteiger partial charge on any atom is -0.495 e. The second-order valence-electron chi connectivity index (χ2n) is 3.21. The van der Waals surface area contributed by atoms with E-state index in [4.69, 9.17) is 22.1 Å². The predicted octanol–water partition coefficient (Wildman–Crippen LogP) is 3.44. The van der Waals surface area contributed by atoms with Crippen molar-refractivity contribution < 1.29 is 4.74 Å². The van der Waals surface area contributed by atoms with Crippen LogP contribution in [0, 0.1) is 6.92 Å². The van der Waals surface area contributed by atoms with Crippen LogP contribution in [-0.4, -0.2) is 7.11 Å². The van der Waals surface area contributed by atoms with E-state index < -0.39 is 0 Å². The Morgan fingerprint density at radius 1 is 1.57 bits per heavy atom. The van der Waals surface area contributed by atoms with Gasteiger partial charge in [-0.15, -0.1) is 0 Å². The van der Waals surface area contributed by atoms with Gasteiger partial charge in [0, 0.05) is 16.6 Å². The van der Waals surface area contributed by atoms with E-state index in [1.165, 1.54) is 0 Å². The van der Waals surface area contributed by atoms with Crippen molar-refractivity contribution in [2.24, 2.45) is 5.73 Å². The lowest BCUT2D eigenvalue weighted by Gasteiger charge is -2.16. The average molecular weight is 279 g/mol. The third-order valence-corrected chi connectivity index (χ3v) is 3.47. The van der Waals surface area contributed by atoms with Gasteiger partial charge in [-0.05, 0) is 41.4 Å². The first kappa shape index (κ1) is 11.8. The molecule has 0 amide bonds. The van der Waals surface area contributed by atoms with Crippen molar-refractivity contribution in [3.05, 3.63) is 26.7 Å². The molecule has 0 saturated heterocycles. The number of halogens is 2. The molecule has 0 aliphatic heterocycles. The van der Waals surface area contributed by atoms with Crippen LogP contribution in [0.3, 0.4) is 0 Å². The molecule has 1 aromatic carbocycles. The first-order valence-corrected chi connectivity index (χ1v) is 5.44. The molecule has 1 unspecified atom stereocenters. The topological polar surface area (TPSA) is 35.2 Å². The van der Waals surface area contributed by atoms with Crippen molar-refractivity contribution >= 4 is 27.5 Å². The van der Waals surface area contributed by atoms with Crippen molar-refractivity contribution in [1.29, 1.82) is 0 Å². The standard InChI is InChI=1S/C10H13BrClNO/c1-5-8(12)4-7(6(2)13)10(14-3)9(5)11/h4,6H,13H2,1-3H3. The van der Waals surface area contributed by atoms with Crippen molar-refractivity contribution in [1.82, 2.24) is 0 Å². The first-order chi connectivity index (χ1) is 6.49. The van der Waals surface area contributed by atoms with Gasteiger partial charge in [0.15, 0.2) is 0 Å². The van der Waals surface area contributed by atoms with Crippen LogP contribution in [0.1, 0.15) is 24.1 Å². The quantitative estimate of drug-likeness (QED) is 0.899. The van der Waals surface area contributed by atoms with Crippen LogP contribution in [0.5, 0.6) is 5.75 Å². The number of ether oxygens (including phenoxy) is 1. The lowest BCUT2D eigenvalue weighted by molar-refractivity contribution is 0.404. The summed E-state index contributed by atoms with van der Waals surface area (Å²) in [6, 6.07) is 1.75. The van der Waals surface area contributed by atoms with Crippen LogP contribution in [0.15, 0.2) is 10.5 Å². The maximum absolute atomic E-state index is 6.05. The maximum atomic E-state index is 6.05. The monoisotopic (exact) mass is 277 g/mol. The summed E-state index contributed by atoms with van der Waals surface area (Å²) in [4.78, 5) is 0. The van der Waals surface area contributed by atoms with E-state index in [0.717, 1.165) is 21.3 Å². The molecule has 0 radical (unpaired) electrons. The lowest BCUT2D eigenvalue weighted by atomic mass is 10.1. The summed E-state index contributed by atoms with van der Waals surface area (Å²) in [6.45, 7) is 3.83. The average Bonchev–Trinajstić information content (AvgIpc) is 2.13. The van der Waals surface area contributed by atoms with Crippen LogP contribution in [0.2, 0.25) is 5.02 Å². The van der Waals surface area contributed by atoms with E-state index in [-0.39, 0.29) is 6.04 Å². The maximum Gasteiger partial charge on any atom is 0.138 e. The van der Waals surface area contributed by atoms with Crippen molar-refractivity contribution in [3.63, 3.8) is 0 Å². The summed E-state index contributed by atoms with van der Waals surface area (Å²) in [5.74, 6) is 0.766. The first-order valence-electron chi connectivity index (χ1n) is 4.27. The molecule has 2 nitrogen and oxygen atoms in total. The molecule has 0 aromatic heterocycles. The molecule has 1 atom stereocenters. The molecular weight excluding hydrogens is 265 g/mol. The van der Waals surface area contributed by atoms with Crippen LogP contribution in [-0.2, 0) is 0 Å². The van der Waals surface area contributed by atoms with Crippen LogP contribution in [0.4, 0.5) is 0 Å². The lowest BCUT2D eigenvalue weighted by Crippen LogP contribution is -2.08. The van der Waals surface area contributed by atoms with Gasteiger partial charge in [0.2, 0.25) is 0 Å². The second kappa shape index (κ2) is 4.51. The van der Waals surface area contributed by atoms with Gasteiger partial charge in [0.05, 0.1) is 11.6 Å². The fourth-order valence-corrected chi connectivity index (χ4v) is 2.19. The molecule has 4 heteroatoms. The molecule has 2 N–H and O–H groups in total. The van der Waals surface area contributed by atoms with Crippen LogP contribution in [0.25, 0.3) is 0 Å². The van der Waals surface area contributed by atoms with Crippen molar-refractivity contribution in [2.75, 3.05) is 7.11 Å². The Hall–Kier alpha value is -0.250. The van der Waals surface area contributed by atoms with E-state index in [0.29, 0.717) is 5.02 Å². The van der Waals surface area contributed by atoms with E-state index in [9.17, 15) is 0 Å². The van der Waals surface area contributed by atoms with Gasteiger partial charge in [-0.3, -0.25) is 0 Å². The summed E-state index contributed by atoms with van der Waals surface area (Å²) in [5.41, 5.74) is 7.70. The molecule has 0 spiro atoms. The molecule has 0 aliphatic carbocycles. The predicted molar refractivity (Wildman–Crippen MR) is 63.0 cm³/mol. The Balaban J connectivity index is 3.43. The zero-order valence-electron chi connectivity index (χ0n) is 8.40. The van der Waals surface area contributed by atoms with Crippen molar-refractivity contribution in [3.8, 4) is 5.75 Å². The number of rotatable bonds is 2. The molecule has 0 bridgehead atoms. The molecule has 14 heavy (non-hydrogen) atoms. The third-order valence-electron chi connectivity index (χ3n) is 2.13. The highest BCUT2D eigenvalue weighted by atomic mass is 79.9. The minimum atomic E-state index is -0.0978. The molecule has 0 aliphatic rings. The van der Waals surface area contributed by atoms with Gasteiger partial charge in [-0.25, -0.2) is 0 Å². The van der Waals surface area contributed by atoms with Crippen LogP contribution < -0.4 is 10.5 Å². The highest BCUT2D eigenvalue weighted by Crippen LogP contribution is 2.38. The van der Waals surface area contributed by atoms with Gasteiger partial charge in [-0.2, -0.15) is 0 Å². The van der Waals surface area contributed by atoms with Gasteiger partial charge in [0.25, 0.3) is 0 Å². The number of hydrogen-bond acceptors (Lipinski definition) is 2. The SMILES string of the molecule is COc1c(C(C)N)cc(Cl)c(C)c1Br. The van der Waals surface area contributed by atoms with Gasteiger partial charge in [-0.1, -0.05) is 11.6 Å². The van der Waals surface area contributed by atoms with Gasteiger partial charge < -0.3 is 10.5 Å². The summed E-state index contributed by atoms with van der Waals surface area (Å²) in [6.07, 6.45) is 0. The molecule has 78 valence electrons. The molecule has 0 heterocycles. The Morgan fingerprint density at radius 2 is 2.14 bits per heavy atom. The Bertz CT molecular complexity index is 352. The molecular formula is C10H13BrClNO. The number of methoxy groups -OCH3 is 1. The summed E-state index contributed by atoms with van der Waals surface area (Å²) in [5, 5.41) is 0.699. The summed E-state index contributed by atoms with van der Waals surface area (Å²) >= 11 is 9.50. The highest BCUT2D eigenvalue weighted by Gasteiger charge is 2.15. The Labute approximate surface area is 97.5 Å². The Morgan fingerprint density at radius 3 is 2.57 bits per heavy atom. The molecule has 0 saturated carbocycles. The normalized spacial score (nSPS) is 12.7. The van der Waals surface area contributed by atoms with E-state index in [1.807, 2.05) is 19.9 Å². The molecule has 1 aromatic rings. The van der Waals surface area contributed by atoms with E-state index in [2.05, 4.69) is 15.9 Å². The smallest absolute Gasteiger partial charge is 0.138 e. The fourth-order valence-electron chi connectivity index (χ4n) is 1.26. The number of hydrogen-bond donors (Lipinski definition) is 1. The minimum absolute atomic E-state index is 0.0978. The van der Waals surface area contributed by atoms with Gasteiger partial charge in [0.1, 0.15) is 5.75 Å². The summed E-state index contributed by atoms with van der Waals surface area (Å²) in [7, 11) is 1.62.